The van der Waals surface area contributed by atoms with Crippen LogP contribution in [0, 0.1) is 0 Å². The van der Waals surface area contributed by atoms with E-state index in [0.29, 0.717) is 44.8 Å². The van der Waals surface area contributed by atoms with Gasteiger partial charge in [-0.2, -0.15) is 0 Å². The molecule has 2 aromatic carbocycles. The first kappa shape index (κ1) is 38.3. The van der Waals surface area contributed by atoms with Crippen molar-refractivity contribution >= 4 is 50.6 Å². The summed E-state index contributed by atoms with van der Waals surface area (Å²) in [5.41, 5.74) is 1.67. The summed E-state index contributed by atoms with van der Waals surface area (Å²) in [4.78, 5) is 50.7. The molecule has 0 aliphatic carbocycles. The molecule has 12 heteroatoms. The van der Waals surface area contributed by atoms with Crippen LogP contribution in [-0.2, 0) is 14.3 Å². The van der Waals surface area contributed by atoms with Gasteiger partial charge in [-0.25, -0.2) is 4.79 Å². The lowest BCUT2D eigenvalue weighted by atomic mass is 10.0. The van der Waals surface area contributed by atoms with Gasteiger partial charge in [0.1, 0.15) is 29.3 Å². The Kier molecular flexibility index (Phi) is 12.0. The summed E-state index contributed by atoms with van der Waals surface area (Å²) in [5, 5.41) is 7.51. The molecule has 0 unspecified atom stereocenters. The van der Waals surface area contributed by atoms with Crippen molar-refractivity contribution in [1.29, 1.82) is 0 Å². The molecule has 55 heavy (non-hydrogen) atoms. The van der Waals surface area contributed by atoms with E-state index in [0.717, 1.165) is 109 Å². The lowest BCUT2D eigenvalue weighted by Crippen LogP contribution is -2.44. The van der Waals surface area contributed by atoms with Gasteiger partial charge in [-0.15, -0.1) is 0 Å². The number of piperidine rings is 4. The third-order valence-electron chi connectivity index (χ3n) is 10.7. The van der Waals surface area contributed by atoms with Crippen molar-refractivity contribution in [2.75, 3.05) is 62.2 Å². The largest absolute Gasteiger partial charge is 0.490 e. The Morgan fingerprint density at radius 1 is 0.673 bits per heavy atom. The summed E-state index contributed by atoms with van der Waals surface area (Å²) >= 11 is 0. The number of anilines is 2. The number of ether oxygens (including phenoxy) is 3. The number of fused-ring (bicyclic) bond motifs is 2. The number of amides is 1. The zero-order valence-corrected chi connectivity index (χ0v) is 32.4. The highest BCUT2D eigenvalue weighted by atomic mass is 16.6. The molecular weight excluding hydrogens is 697 g/mol. The van der Waals surface area contributed by atoms with E-state index in [-0.39, 0.29) is 24.1 Å². The van der Waals surface area contributed by atoms with Crippen LogP contribution in [0.25, 0.3) is 21.5 Å². The summed E-state index contributed by atoms with van der Waals surface area (Å²) in [7, 11) is 0. The van der Waals surface area contributed by atoms with E-state index < -0.39 is 5.60 Å². The van der Waals surface area contributed by atoms with Gasteiger partial charge in [0, 0.05) is 110 Å². The van der Waals surface area contributed by atoms with Gasteiger partial charge in [-0.1, -0.05) is 0 Å². The van der Waals surface area contributed by atoms with Crippen LogP contribution in [0.1, 0.15) is 72.1 Å². The Hall–Kier alpha value is -4.97. The maximum absolute atomic E-state index is 12.3. The molecule has 292 valence electrons. The van der Waals surface area contributed by atoms with Crippen molar-refractivity contribution in [1.82, 2.24) is 20.2 Å². The van der Waals surface area contributed by atoms with E-state index in [9.17, 15) is 14.4 Å². The molecule has 4 aliphatic rings. The van der Waals surface area contributed by atoms with Crippen LogP contribution in [0.15, 0.2) is 61.2 Å². The number of nitrogens with zero attached hydrogens (tertiary/aromatic N) is 5. The van der Waals surface area contributed by atoms with Crippen molar-refractivity contribution < 1.29 is 28.6 Å². The molecule has 4 aliphatic heterocycles. The quantitative estimate of drug-likeness (QED) is 0.226. The maximum Gasteiger partial charge on any atom is 0.410 e. The fourth-order valence-corrected chi connectivity index (χ4v) is 7.90. The van der Waals surface area contributed by atoms with Crippen molar-refractivity contribution in [2.45, 2.75) is 89.9 Å². The number of ketones is 2. The third-order valence-corrected chi connectivity index (χ3v) is 10.7. The van der Waals surface area contributed by atoms with E-state index in [1.165, 1.54) is 0 Å². The highest BCUT2D eigenvalue weighted by Crippen LogP contribution is 2.37. The van der Waals surface area contributed by atoms with Gasteiger partial charge in [-0.05, 0) is 95.9 Å². The van der Waals surface area contributed by atoms with Gasteiger partial charge in [-0.3, -0.25) is 19.6 Å². The number of rotatable bonds is 6. The Morgan fingerprint density at radius 3 is 1.64 bits per heavy atom. The fraction of sp³-hybridized carbons (Fsp3) is 0.512. The number of Topliss-reactive ketones (excluding diaryl/α,β-unsaturated/α-hetero) is 2. The number of nitrogens with one attached hydrogen (secondary N) is 1. The van der Waals surface area contributed by atoms with Crippen LogP contribution >= 0.6 is 0 Å². The number of hydrogen-bond donors (Lipinski definition) is 1. The smallest absolute Gasteiger partial charge is 0.410 e. The number of likely N-dealkylation sites (tertiary alicyclic amines) is 1. The van der Waals surface area contributed by atoms with Crippen molar-refractivity contribution in [3.63, 3.8) is 0 Å². The van der Waals surface area contributed by atoms with Crippen LogP contribution in [0.5, 0.6) is 11.5 Å². The molecule has 1 N–H and O–H groups in total. The maximum atomic E-state index is 12.3. The van der Waals surface area contributed by atoms with Crippen molar-refractivity contribution in [3.8, 4) is 11.5 Å². The normalized spacial score (nSPS) is 18.9. The Balaban J connectivity index is 0.000000174. The average Bonchev–Trinajstić information content (AvgIpc) is 3.18. The molecule has 0 radical (unpaired) electrons. The molecule has 0 saturated carbocycles. The van der Waals surface area contributed by atoms with E-state index in [4.69, 9.17) is 14.2 Å². The van der Waals surface area contributed by atoms with Crippen LogP contribution in [0.4, 0.5) is 16.2 Å². The highest BCUT2D eigenvalue weighted by molar-refractivity contribution is 6.00. The van der Waals surface area contributed by atoms with Gasteiger partial charge < -0.3 is 34.2 Å². The molecule has 6 heterocycles. The molecule has 4 saturated heterocycles. The van der Waals surface area contributed by atoms with Crippen LogP contribution in [-0.4, -0.2) is 103 Å². The second-order valence-corrected chi connectivity index (χ2v) is 16.0. The number of carbonyl (C=O) groups is 3. The Morgan fingerprint density at radius 2 is 1.16 bits per heavy atom. The topological polar surface area (TPSA) is 126 Å². The number of carbonyl (C=O) groups excluding carboxylic acids is 3. The van der Waals surface area contributed by atoms with Crippen LogP contribution < -0.4 is 24.6 Å². The van der Waals surface area contributed by atoms with E-state index in [1.807, 2.05) is 69.7 Å². The van der Waals surface area contributed by atoms with Gasteiger partial charge >= 0.3 is 6.09 Å². The van der Waals surface area contributed by atoms with Gasteiger partial charge in [0.05, 0.1) is 13.1 Å². The molecule has 0 atom stereocenters. The highest BCUT2D eigenvalue weighted by Gasteiger charge is 2.29. The van der Waals surface area contributed by atoms with Gasteiger partial charge in [0.15, 0.2) is 11.6 Å². The zero-order chi connectivity index (χ0) is 38.4. The molecule has 4 fully saturated rings. The monoisotopic (exact) mass is 750 g/mol. The van der Waals surface area contributed by atoms with Gasteiger partial charge in [0.25, 0.3) is 0 Å². The van der Waals surface area contributed by atoms with E-state index in [1.54, 1.807) is 11.1 Å². The minimum Gasteiger partial charge on any atom is -0.490 e. The SMILES string of the molecule is CC(C)(C)OC(=O)N1CCC(Oc2ccc(N3CCCC(=O)C3)c3ccncc23)CC1.O=C1CCCN(c2ccc(OC3CCNCC3)c3cnccc23)C1. The molecule has 12 nitrogen and oxygen atoms in total. The van der Waals surface area contributed by atoms with Crippen LogP contribution in [0.3, 0.4) is 0 Å². The molecule has 2 aromatic heterocycles. The van der Waals surface area contributed by atoms with E-state index >= 15 is 0 Å². The summed E-state index contributed by atoms with van der Waals surface area (Å²) < 4.78 is 18.1. The standard InChI is InChI=1S/C24H31N3O4.C19H23N3O2/c1-24(2,3)31-23(29)26-13-9-18(10-14-26)30-22-7-6-21(19-8-11-25-15-20(19)22)27-12-4-5-17(28)16-27;23-14-2-1-11-22(13-14)18-3-4-19(17-12-21-10-7-16(17)18)24-15-5-8-20-9-6-15/h6-8,11,15,18H,4-5,9-10,12-14,16H2,1-3H3;3-4,7,10,12,15,20H,1-2,5-6,8-9,11,13H2. The first-order valence-corrected chi connectivity index (χ1v) is 19.9. The number of benzene rings is 2. The molecule has 8 rings (SSSR count). The first-order chi connectivity index (χ1) is 26.6. The molecule has 1 amide bonds. The third kappa shape index (κ3) is 9.65. The van der Waals surface area contributed by atoms with Crippen molar-refractivity contribution in [2.24, 2.45) is 0 Å². The summed E-state index contributed by atoms with van der Waals surface area (Å²) in [6.07, 6.45) is 14.1. The molecule has 4 aromatic rings. The minimum absolute atomic E-state index is 0.0320. The van der Waals surface area contributed by atoms with E-state index in [2.05, 4.69) is 31.2 Å². The minimum atomic E-state index is -0.489. The summed E-state index contributed by atoms with van der Waals surface area (Å²) in [6, 6.07) is 12.2. The van der Waals surface area contributed by atoms with Crippen LogP contribution in [0.2, 0.25) is 0 Å². The average molecular weight is 751 g/mol. The first-order valence-electron chi connectivity index (χ1n) is 19.9. The van der Waals surface area contributed by atoms with Gasteiger partial charge in [0.2, 0.25) is 0 Å². The van der Waals surface area contributed by atoms with Crippen molar-refractivity contribution in [3.05, 3.63) is 61.2 Å². The molecular formula is C43H54N6O6. The summed E-state index contributed by atoms with van der Waals surface area (Å²) in [6.45, 7) is 11.7. The molecule has 0 spiro atoms. The zero-order valence-electron chi connectivity index (χ0n) is 32.4. The predicted octanol–water partition coefficient (Wildman–Crippen LogP) is 6.72. The number of pyridine rings is 2. The Bertz CT molecular complexity index is 1980. The second-order valence-electron chi connectivity index (χ2n) is 16.0. The second kappa shape index (κ2) is 17.2. The Labute approximate surface area is 323 Å². The number of hydrogen-bond acceptors (Lipinski definition) is 11. The number of aromatic nitrogens is 2. The lowest BCUT2D eigenvalue weighted by molar-refractivity contribution is -0.119. The summed E-state index contributed by atoms with van der Waals surface area (Å²) in [5.74, 6) is 2.30. The molecule has 0 bridgehead atoms. The fourth-order valence-electron chi connectivity index (χ4n) is 7.90. The predicted molar refractivity (Wildman–Crippen MR) is 214 cm³/mol. The lowest BCUT2D eigenvalue weighted by Gasteiger charge is -2.34.